The Labute approximate surface area is 103 Å². The first-order valence-electron chi connectivity index (χ1n) is 5.34. The van der Waals surface area contributed by atoms with Gasteiger partial charge in [0, 0.05) is 10.9 Å². The van der Waals surface area contributed by atoms with Crippen molar-refractivity contribution >= 4 is 22.3 Å². The molecule has 0 radical (unpaired) electrons. The lowest BCUT2D eigenvalue weighted by Gasteiger charge is -2.12. The monoisotopic (exact) mass is 244 g/mol. The minimum Gasteiger partial charge on any atom is -0.464 e. The Morgan fingerprint density at radius 1 is 1.24 bits per heavy atom. The highest BCUT2D eigenvalue weighted by Crippen LogP contribution is 2.30. The number of hydrogen-bond acceptors (Lipinski definition) is 4. The lowest BCUT2D eigenvalue weighted by Crippen LogP contribution is -2.28. The summed E-state index contributed by atoms with van der Waals surface area (Å²) in [5.41, 5.74) is 5.96. The molecule has 1 aromatic carbocycles. The molecule has 0 bridgehead atoms. The molecule has 3 aromatic rings. The van der Waals surface area contributed by atoms with E-state index in [0.29, 0.717) is 0 Å². The fourth-order valence-corrected chi connectivity index (χ4v) is 2.71. The van der Waals surface area contributed by atoms with Crippen molar-refractivity contribution in [1.29, 1.82) is 0 Å². The van der Waals surface area contributed by atoms with Gasteiger partial charge in [0.2, 0.25) is 0 Å². The molecule has 0 amide bonds. The molecule has 1 atom stereocenters. The first-order valence-corrected chi connectivity index (χ1v) is 6.29. The molecule has 4 heteroatoms. The van der Waals surface area contributed by atoms with Crippen LogP contribution in [0, 0.1) is 0 Å². The van der Waals surface area contributed by atoms with Gasteiger partial charge >= 0.3 is 0 Å². The fourth-order valence-electron chi connectivity index (χ4n) is 2.03. The second-order valence-electron chi connectivity index (χ2n) is 3.84. The molecule has 1 unspecified atom stereocenters. The molecule has 0 saturated carbocycles. The standard InChI is InChI=1S/C13H12N2OS/c14-15-13(9-5-6-17-8-9)11-7-16-12-4-2-1-3-10(11)12/h1-8,13,15H,14H2. The number of furan rings is 1. The highest BCUT2D eigenvalue weighted by molar-refractivity contribution is 7.08. The summed E-state index contributed by atoms with van der Waals surface area (Å²) in [6.45, 7) is 0. The molecular weight excluding hydrogens is 232 g/mol. The molecule has 0 fully saturated rings. The normalized spacial score (nSPS) is 13.0. The Balaban J connectivity index is 2.13. The number of para-hydroxylation sites is 1. The minimum atomic E-state index is -0.0232. The van der Waals surface area contributed by atoms with Crippen molar-refractivity contribution in [3.05, 3.63) is 58.5 Å². The van der Waals surface area contributed by atoms with Crippen LogP contribution in [0.25, 0.3) is 11.0 Å². The third-order valence-electron chi connectivity index (χ3n) is 2.87. The van der Waals surface area contributed by atoms with E-state index in [0.717, 1.165) is 22.1 Å². The van der Waals surface area contributed by atoms with Crippen LogP contribution in [0.3, 0.4) is 0 Å². The number of thiophene rings is 1. The molecule has 2 aromatic heterocycles. The molecule has 86 valence electrons. The lowest BCUT2D eigenvalue weighted by atomic mass is 10.0. The lowest BCUT2D eigenvalue weighted by molar-refractivity contribution is 0.586. The Morgan fingerprint density at radius 3 is 2.88 bits per heavy atom. The Hall–Kier alpha value is -1.62. The maximum atomic E-state index is 5.66. The van der Waals surface area contributed by atoms with Gasteiger partial charge in [-0.15, -0.1) is 0 Å². The third kappa shape index (κ3) is 1.76. The summed E-state index contributed by atoms with van der Waals surface area (Å²) in [4.78, 5) is 0. The first-order chi connectivity index (χ1) is 8.40. The summed E-state index contributed by atoms with van der Waals surface area (Å²) in [5.74, 6) is 5.66. The SMILES string of the molecule is NNC(c1ccsc1)c1coc2ccccc12. The molecular formula is C13H12N2OS. The van der Waals surface area contributed by atoms with Gasteiger partial charge in [0.1, 0.15) is 5.58 Å². The van der Waals surface area contributed by atoms with Crippen molar-refractivity contribution in [3.8, 4) is 0 Å². The average Bonchev–Trinajstić information content (AvgIpc) is 3.01. The van der Waals surface area contributed by atoms with Crippen molar-refractivity contribution < 1.29 is 4.42 Å². The molecule has 0 aliphatic heterocycles. The summed E-state index contributed by atoms with van der Waals surface area (Å²) < 4.78 is 5.54. The molecule has 17 heavy (non-hydrogen) atoms. The Kier molecular flexibility index (Phi) is 2.68. The highest BCUT2D eigenvalue weighted by atomic mass is 32.1. The average molecular weight is 244 g/mol. The van der Waals surface area contributed by atoms with Gasteiger partial charge in [-0.2, -0.15) is 11.3 Å². The maximum absolute atomic E-state index is 5.66. The zero-order valence-electron chi connectivity index (χ0n) is 9.09. The van der Waals surface area contributed by atoms with Crippen LogP contribution < -0.4 is 11.3 Å². The molecule has 0 aliphatic rings. The van der Waals surface area contributed by atoms with Gasteiger partial charge in [0.25, 0.3) is 0 Å². The highest BCUT2D eigenvalue weighted by Gasteiger charge is 2.17. The number of hydrogen-bond donors (Lipinski definition) is 2. The topological polar surface area (TPSA) is 51.2 Å². The van der Waals surface area contributed by atoms with Crippen LogP contribution in [0.15, 0.2) is 51.8 Å². The van der Waals surface area contributed by atoms with Crippen LogP contribution in [0.1, 0.15) is 17.2 Å². The second kappa shape index (κ2) is 4.33. The van der Waals surface area contributed by atoms with Crippen LogP contribution in [0.4, 0.5) is 0 Å². The number of fused-ring (bicyclic) bond motifs is 1. The van der Waals surface area contributed by atoms with E-state index in [-0.39, 0.29) is 6.04 Å². The summed E-state index contributed by atoms with van der Waals surface area (Å²) in [6.07, 6.45) is 1.77. The number of rotatable bonds is 3. The van der Waals surface area contributed by atoms with E-state index in [1.165, 1.54) is 0 Å². The predicted octanol–water partition coefficient (Wildman–Crippen LogP) is 3.05. The van der Waals surface area contributed by atoms with Gasteiger partial charge in [-0.1, -0.05) is 18.2 Å². The zero-order valence-corrected chi connectivity index (χ0v) is 9.91. The van der Waals surface area contributed by atoms with Crippen molar-refractivity contribution in [3.63, 3.8) is 0 Å². The summed E-state index contributed by atoms with van der Waals surface area (Å²) in [5, 5.41) is 5.23. The molecule has 0 aliphatic carbocycles. The van der Waals surface area contributed by atoms with E-state index in [9.17, 15) is 0 Å². The van der Waals surface area contributed by atoms with Crippen LogP contribution in [-0.2, 0) is 0 Å². The Bertz CT molecular complexity index is 615. The summed E-state index contributed by atoms with van der Waals surface area (Å²) >= 11 is 1.66. The van der Waals surface area contributed by atoms with Crippen molar-refractivity contribution in [2.24, 2.45) is 5.84 Å². The van der Waals surface area contributed by atoms with Gasteiger partial charge in [-0.05, 0) is 28.5 Å². The van der Waals surface area contributed by atoms with Gasteiger partial charge < -0.3 is 4.42 Å². The van der Waals surface area contributed by atoms with E-state index in [2.05, 4.69) is 16.9 Å². The van der Waals surface area contributed by atoms with Crippen LogP contribution in [-0.4, -0.2) is 0 Å². The number of nitrogens with one attached hydrogen (secondary N) is 1. The minimum absolute atomic E-state index is 0.0232. The molecule has 2 heterocycles. The van der Waals surface area contributed by atoms with Crippen molar-refractivity contribution in [2.45, 2.75) is 6.04 Å². The maximum Gasteiger partial charge on any atom is 0.134 e. The van der Waals surface area contributed by atoms with Crippen LogP contribution in [0.5, 0.6) is 0 Å². The molecule has 0 spiro atoms. The molecule has 3 nitrogen and oxygen atoms in total. The number of benzene rings is 1. The second-order valence-corrected chi connectivity index (χ2v) is 4.62. The number of nitrogens with two attached hydrogens (primary N) is 1. The quantitative estimate of drug-likeness (QED) is 0.550. The third-order valence-corrected chi connectivity index (χ3v) is 3.57. The van der Waals surface area contributed by atoms with E-state index < -0.39 is 0 Å². The predicted molar refractivity (Wildman–Crippen MR) is 69.7 cm³/mol. The van der Waals surface area contributed by atoms with E-state index in [1.807, 2.05) is 29.6 Å². The summed E-state index contributed by atoms with van der Waals surface area (Å²) in [7, 11) is 0. The van der Waals surface area contributed by atoms with E-state index in [1.54, 1.807) is 17.6 Å². The van der Waals surface area contributed by atoms with Gasteiger partial charge in [-0.3, -0.25) is 5.84 Å². The molecule has 3 rings (SSSR count). The van der Waals surface area contributed by atoms with E-state index in [4.69, 9.17) is 10.3 Å². The van der Waals surface area contributed by atoms with Crippen molar-refractivity contribution in [1.82, 2.24) is 5.43 Å². The Morgan fingerprint density at radius 2 is 2.12 bits per heavy atom. The number of hydrazine groups is 1. The zero-order chi connectivity index (χ0) is 11.7. The van der Waals surface area contributed by atoms with Crippen molar-refractivity contribution in [2.75, 3.05) is 0 Å². The summed E-state index contributed by atoms with van der Waals surface area (Å²) in [6, 6.07) is 10.0. The largest absolute Gasteiger partial charge is 0.464 e. The van der Waals surface area contributed by atoms with Crippen LogP contribution in [0.2, 0.25) is 0 Å². The fraction of sp³-hybridized carbons (Fsp3) is 0.0769. The molecule has 0 saturated heterocycles. The van der Waals surface area contributed by atoms with Gasteiger partial charge in [0.05, 0.1) is 12.3 Å². The van der Waals surface area contributed by atoms with Gasteiger partial charge in [-0.25, -0.2) is 5.43 Å². The smallest absolute Gasteiger partial charge is 0.134 e. The first kappa shape index (κ1) is 10.5. The molecule has 3 N–H and O–H groups in total. The van der Waals surface area contributed by atoms with E-state index >= 15 is 0 Å². The van der Waals surface area contributed by atoms with Crippen LogP contribution >= 0.6 is 11.3 Å². The van der Waals surface area contributed by atoms with Gasteiger partial charge in [0.15, 0.2) is 0 Å².